The molecule has 3 rings (SSSR count). The molecule has 0 unspecified atom stereocenters. The maximum atomic E-state index is 12.7. The highest BCUT2D eigenvalue weighted by Crippen LogP contribution is 2.29. The van der Waals surface area contributed by atoms with Crippen molar-refractivity contribution < 1.29 is 4.79 Å². The number of carbonyl (C=O) groups is 1. The lowest BCUT2D eigenvalue weighted by atomic mass is 9.86. The van der Waals surface area contributed by atoms with Crippen LogP contribution in [0.5, 0.6) is 0 Å². The number of rotatable bonds is 3. The normalized spacial score (nSPS) is 30.6. The summed E-state index contributed by atoms with van der Waals surface area (Å²) < 4.78 is 1.87. The van der Waals surface area contributed by atoms with Gasteiger partial charge >= 0.3 is 0 Å². The summed E-state index contributed by atoms with van der Waals surface area (Å²) in [4.78, 5) is 18.8. The van der Waals surface area contributed by atoms with Crippen LogP contribution in [-0.2, 0) is 11.3 Å². The highest BCUT2D eigenvalue weighted by Gasteiger charge is 2.40. The van der Waals surface area contributed by atoms with Crippen LogP contribution in [0.25, 0.3) is 0 Å². The monoisotopic (exact) mass is 277 g/mol. The molecule has 0 radical (unpaired) electrons. The zero-order valence-corrected chi connectivity index (χ0v) is 12.1. The number of nitrogens with zero attached hydrogens (tertiary/aromatic N) is 4. The van der Waals surface area contributed by atoms with Crippen molar-refractivity contribution in [2.75, 3.05) is 26.2 Å². The molecule has 0 aliphatic carbocycles. The number of hydrogen-bond donors (Lipinski definition) is 1. The number of carbonyl (C=O) groups excluding carboxylic acids is 1. The van der Waals surface area contributed by atoms with Gasteiger partial charge in [-0.3, -0.25) is 9.48 Å². The Bertz CT molecular complexity index is 452. The van der Waals surface area contributed by atoms with Gasteiger partial charge in [-0.2, -0.15) is 5.10 Å². The van der Waals surface area contributed by atoms with E-state index < -0.39 is 0 Å². The number of aromatic nitrogens is 3. The number of amides is 1. The largest absolute Gasteiger partial charge is 0.342 e. The van der Waals surface area contributed by atoms with Crippen LogP contribution < -0.4 is 5.32 Å². The zero-order chi connectivity index (χ0) is 14.0. The molecule has 110 valence electrons. The van der Waals surface area contributed by atoms with Gasteiger partial charge in [0.2, 0.25) is 5.91 Å². The van der Waals surface area contributed by atoms with E-state index in [4.69, 9.17) is 0 Å². The molecule has 2 atom stereocenters. The van der Waals surface area contributed by atoms with E-state index >= 15 is 0 Å². The molecule has 2 aliphatic heterocycles. The standard InChI is InChI=1S/C14H23N5O/c1-14(4-5-15-9-14)13(20)18-6-2-3-12(7-18)8-19-11-16-10-17-19/h10-12,15H,2-9H2,1H3/t12-,14-/m1/s1. The molecule has 3 heterocycles. The summed E-state index contributed by atoms with van der Waals surface area (Å²) in [7, 11) is 0. The zero-order valence-electron chi connectivity index (χ0n) is 12.1. The van der Waals surface area contributed by atoms with Crippen molar-refractivity contribution in [3.05, 3.63) is 12.7 Å². The Morgan fingerprint density at radius 1 is 1.55 bits per heavy atom. The van der Waals surface area contributed by atoms with Crippen LogP contribution in [0, 0.1) is 11.3 Å². The number of piperidine rings is 1. The van der Waals surface area contributed by atoms with Gasteiger partial charge < -0.3 is 10.2 Å². The molecule has 0 bridgehead atoms. The highest BCUT2D eigenvalue weighted by molar-refractivity contribution is 5.83. The van der Waals surface area contributed by atoms with Gasteiger partial charge in [-0.25, -0.2) is 4.98 Å². The van der Waals surface area contributed by atoms with Gasteiger partial charge in [0.05, 0.1) is 5.41 Å². The molecule has 0 aromatic carbocycles. The first-order valence-corrected chi connectivity index (χ1v) is 7.50. The van der Waals surface area contributed by atoms with Crippen LogP contribution in [0.15, 0.2) is 12.7 Å². The third kappa shape index (κ3) is 2.70. The summed E-state index contributed by atoms with van der Waals surface area (Å²) in [5, 5.41) is 7.47. The van der Waals surface area contributed by atoms with Crippen LogP contribution in [0.2, 0.25) is 0 Å². The molecule has 1 aromatic heterocycles. The Hall–Kier alpha value is -1.43. The number of hydrogen-bond acceptors (Lipinski definition) is 4. The molecule has 20 heavy (non-hydrogen) atoms. The first-order chi connectivity index (χ1) is 9.67. The molecule has 1 amide bonds. The smallest absolute Gasteiger partial charge is 0.229 e. The van der Waals surface area contributed by atoms with Crippen LogP contribution >= 0.6 is 0 Å². The van der Waals surface area contributed by atoms with E-state index in [0.29, 0.717) is 11.8 Å². The Morgan fingerprint density at radius 2 is 2.45 bits per heavy atom. The maximum absolute atomic E-state index is 12.7. The van der Waals surface area contributed by atoms with E-state index in [0.717, 1.165) is 45.6 Å². The average molecular weight is 277 g/mol. The second-order valence-electron chi connectivity index (χ2n) is 6.36. The van der Waals surface area contributed by atoms with E-state index in [9.17, 15) is 4.79 Å². The molecule has 6 heteroatoms. The first kappa shape index (κ1) is 13.5. The molecule has 2 saturated heterocycles. The highest BCUT2D eigenvalue weighted by atomic mass is 16.2. The summed E-state index contributed by atoms with van der Waals surface area (Å²) in [6.45, 7) is 6.49. The fourth-order valence-corrected chi connectivity index (χ4v) is 3.37. The minimum Gasteiger partial charge on any atom is -0.342 e. The van der Waals surface area contributed by atoms with Gasteiger partial charge in [0.15, 0.2) is 0 Å². The average Bonchev–Trinajstić information content (AvgIpc) is 3.11. The van der Waals surface area contributed by atoms with Crippen molar-refractivity contribution in [1.82, 2.24) is 25.0 Å². The quantitative estimate of drug-likeness (QED) is 0.875. The minimum absolute atomic E-state index is 0.199. The van der Waals surface area contributed by atoms with Crippen molar-refractivity contribution in [2.24, 2.45) is 11.3 Å². The van der Waals surface area contributed by atoms with Gasteiger partial charge in [-0.15, -0.1) is 0 Å². The number of likely N-dealkylation sites (tertiary alicyclic amines) is 1. The van der Waals surface area contributed by atoms with Gasteiger partial charge in [-0.1, -0.05) is 0 Å². The minimum atomic E-state index is -0.199. The van der Waals surface area contributed by atoms with E-state index in [-0.39, 0.29) is 5.41 Å². The number of nitrogens with one attached hydrogen (secondary N) is 1. The van der Waals surface area contributed by atoms with Crippen LogP contribution in [0.4, 0.5) is 0 Å². The molecule has 0 saturated carbocycles. The molecule has 1 N–H and O–H groups in total. The van der Waals surface area contributed by atoms with E-state index in [1.54, 1.807) is 12.7 Å². The molecule has 2 aliphatic rings. The van der Waals surface area contributed by atoms with Crippen LogP contribution in [-0.4, -0.2) is 51.8 Å². The topological polar surface area (TPSA) is 63.1 Å². The third-order valence-corrected chi connectivity index (χ3v) is 4.60. The molecule has 2 fully saturated rings. The molecular formula is C14H23N5O. The second-order valence-corrected chi connectivity index (χ2v) is 6.36. The van der Waals surface area contributed by atoms with E-state index in [1.807, 2.05) is 4.68 Å². The van der Waals surface area contributed by atoms with Gasteiger partial charge in [-0.05, 0) is 38.6 Å². The lowest BCUT2D eigenvalue weighted by Gasteiger charge is -2.37. The van der Waals surface area contributed by atoms with Crippen LogP contribution in [0.3, 0.4) is 0 Å². The Kier molecular flexibility index (Phi) is 3.74. The van der Waals surface area contributed by atoms with Gasteiger partial charge in [0.25, 0.3) is 0 Å². The van der Waals surface area contributed by atoms with Gasteiger partial charge in [0.1, 0.15) is 12.7 Å². The van der Waals surface area contributed by atoms with Crippen molar-refractivity contribution in [2.45, 2.75) is 32.7 Å². The fraction of sp³-hybridized carbons (Fsp3) is 0.786. The maximum Gasteiger partial charge on any atom is 0.229 e. The molecular weight excluding hydrogens is 254 g/mol. The summed E-state index contributed by atoms with van der Waals surface area (Å²) in [5.41, 5.74) is -0.199. The Morgan fingerprint density at radius 3 is 3.15 bits per heavy atom. The van der Waals surface area contributed by atoms with Gasteiger partial charge in [0, 0.05) is 26.2 Å². The lowest BCUT2D eigenvalue weighted by molar-refractivity contribution is -0.142. The SMILES string of the molecule is C[C@@]1(C(=O)N2CCC[C@@H](Cn3cncn3)C2)CCNC1. The van der Waals surface area contributed by atoms with Crippen molar-refractivity contribution in [3.63, 3.8) is 0 Å². The van der Waals surface area contributed by atoms with Crippen molar-refractivity contribution in [1.29, 1.82) is 0 Å². The second kappa shape index (κ2) is 5.52. The van der Waals surface area contributed by atoms with Crippen molar-refractivity contribution in [3.8, 4) is 0 Å². The third-order valence-electron chi connectivity index (χ3n) is 4.60. The van der Waals surface area contributed by atoms with E-state index in [2.05, 4.69) is 27.2 Å². The fourth-order valence-electron chi connectivity index (χ4n) is 3.37. The summed E-state index contributed by atoms with van der Waals surface area (Å²) in [6.07, 6.45) is 6.53. The van der Waals surface area contributed by atoms with Crippen LogP contribution in [0.1, 0.15) is 26.2 Å². The molecule has 0 spiro atoms. The Balaban J connectivity index is 1.61. The predicted octanol–water partition coefficient (Wildman–Crippen LogP) is 0.516. The summed E-state index contributed by atoms with van der Waals surface area (Å²) >= 11 is 0. The summed E-state index contributed by atoms with van der Waals surface area (Å²) in [5.74, 6) is 0.818. The first-order valence-electron chi connectivity index (χ1n) is 7.50. The van der Waals surface area contributed by atoms with Crippen molar-refractivity contribution >= 4 is 5.91 Å². The predicted molar refractivity (Wildman–Crippen MR) is 74.9 cm³/mol. The summed E-state index contributed by atoms with van der Waals surface area (Å²) in [6, 6.07) is 0. The molecule has 1 aromatic rings. The molecule has 6 nitrogen and oxygen atoms in total. The van der Waals surface area contributed by atoms with E-state index in [1.165, 1.54) is 6.42 Å². The Labute approximate surface area is 119 Å². The lowest BCUT2D eigenvalue weighted by Crippen LogP contribution is -2.48.